The van der Waals surface area contributed by atoms with Crippen LogP contribution in [0.15, 0.2) is 162 Å². The van der Waals surface area contributed by atoms with Crippen LogP contribution in [0.4, 0.5) is 11.4 Å². The Morgan fingerprint density at radius 3 is 2.00 bits per heavy atom. The van der Waals surface area contributed by atoms with Gasteiger partial charge in [-0.25, -0.2) is 4.98 Å². The van der Waals surface area contributed by atoms with Crippen LogP contribution in [-0.2, 0) is 26.5 Å². The molecule has 1 aliphatic rings. The molecule has 318 valence electrons. The molecule has 0 N–H and O–H groups in total. The molecule has 0 amide bonds. The molecule has 0 fully saturated rings. The van der Waals surface area contributed by atoms with Gasteiger partial charge in [0.25, 0.3) is 0 Å². The number of nitrogens with zero attached hydrogens (tertiary/aromatic N) is 4. The van der Waals surface area contributed by atoms with Crippen molar-refractivity contribution in [3.8, 4) is 17.3 Å². The van der Waals surface area contributed by atoms with Crippen LogP contribution in [0.5, 0.6) is 11.5 Å². The van der Waals surface area contributed by atoms with Crippen molar-refractivity contribution in [2.75, 3.05) is 9.80 Å². The predicted octanol–water partition coefficient (Wildman–Crippen LogP) is 14.7. The number of aromatic nitrogens is 2. The molecular weight excluding hydrogens is 968 g/mol. The third-order valence-corrected chi connectivity index (χ3v) is 12.1. The summed E-state index contributed by atoms with van der Waals surface area (Å²) in [6, 6.07) is 60.1. The Bertz CT molecular complexity index is 3410. The van der Waals surface area contributed by atoms with Gasteiger partial charge in [0.15, 0.2) is 0 Å². The van der Waals surface area contributed by atoms with Crippen LogP contribution >= 0.6 is 0 Å². The van der Waals surface area contributed by atoms with Gasteiger partial charge < -0.3 is 23.5 Å². The summed E-state index contributed by atoms with van der Waals surface area (Å²) >= 11 is 0. The van der Waals surface area contributed by atoms with Crippen molar-refractivity contribution in [1.29, 1.82) is 0 Å². The summed E-state index contributed by atoms with van der Waals surface area (Å²) in [5.41, 5.74) is 14.6. The van der Waals surface area contributed by atoms with E-state index in [0.29, 0.717) is 11.5 Å². The summed E-state index contributed by atoms with van der Waals surface area (Å²) in [6.45, 7) is 15.4. The van der Waals surface area contributed by atoms with E-state index in [4.69, 9.17) is 14.1 Å². The minimum absolute atomic E-state index is 0. The molecule has 0 bridgehead atoms. The predicted molar refractivity (Wildman–Crippen MR) is 258 cm³/mol. The van der Waals surface area contributed by atoms with E-state index in [2.05, 4.69) is 196 Å². The number of fused-ring (bicyclic) bond motifs is 7. The maximum atomic E-state index is 6.76. The maximum absolute atomic E-state index is 6.76. The molecule has 0 aliphatic carbocycles. The van der Waals surface area contributed by atoms with E-state index < -0.39 is 0 Å². The minimum Gasteiger partial charge on any atom is -0.509 e. The SMILES string of the molecule is Cc1cc(C)c(N2[CH-]N(c3[c-]c(Oc4[c-]c5c(cc4)c4c6oc7ccccc7c6ccc4n5-c4cc(C(C)(C)C)ccn4)ccc3)C(c3ccccc3)=C2c2ccccc2)c(C)c1.[Pt]. The normalized spacial score (nSPS) is 13.2. The first-order valence-electron chi connectivity index (χ1n) is 21.4. The van der Waals surface area contributed by atoms with Gasteiger partial charge in [0.1, 0.15) is 17.0 Å². The molecule has 0 saturated heterocycles. The second-order valence-corrected chi connectivity index (χ2v) is 17.5. The molecule has 4 heterocycles. The van der Waals surface area contributed by atoms with E-state index in [-0.39, 0.29) is 26.5 Å². The average molecular weight is 1010 g/mol. The van der Waals surface area contributed by atoms with Gasteiger partial charge in [-0.05, 0) is 89.7 Å². The van der Waals surface area contributed by atoms with Crippen molar-refractivity contribution >= 4 is 66.5 Å². The number of furan rings is 1. The molecule has 0 radical (unpaired) electrons. The Morgan fingerprint density at radius 1 is 0.625 bits per heavy atom. The first-order chi connectivity index (χ1) is 30.6. The Balaban J connectivity index is 0.00000484. The van der Waals surface area contributed by atoms with Crippen molar-refractivity contribution in [1.82, 2.24) is 9.55 Å². The summed E-state index contributed by atoms with van der Waals surface area (Å²) in [6.07, 6.45) is 1.90. The Labute approximate surface area is 388 Å². The van der Waals surface area contributed by atoms with Gasteiger partial charge in [0.2, 0.25) is 0 Å². The zero-order valence-corrected chi connectivity index (χ0v) is 38.8. The Kier molecular flexibility index (Phi) is 10.3. The van der Waals surface area contributed by atoms with Crippen LogP contribution in [0.1, 0.15) is 54.2 Å². The number of aryl methyl sites for hydroxylation is 3. The van der Waals surface area contributed by atoms with Crippen molar-refractivity contribution in [3.05, 3.63) is 210 Å². The second kappa shape index (κ2) is 16.0. The number of hydrogen-bond donors (Lipinski definition) is 0. The van der Waals surface area contributed by atoms with Crippen molar-refractivity contribution in [2.24, 2.45) is 0 Å². The number of pyridine rings is 1. The number of rotatable bonds is 7. The zero-order chi connectivity index (χ0) is 43.0. The summed E-state index contributed by atoms with van der Waals surface area (Å²) in [7, 11) is 0. The molecule has 6 nitrogen and oxygen atoms in total. The monoisotopic (exact) mass is 1010 g/mol. The van der Waals surface area contributed by atoms with E-state index in [9.17, 15) is 0 Å². The van der Waals surface area contributed by atoms with Gasteiger partial charge in [-0.3, -0.25) is 0 Å². The molecular formula is C57H45N4O2Pt-3. The summed E-state index contributed by atoms with van der Waals surface area (Å²) in [5.74, 6) is 1.94. The number of anilines is 2. The molecule has 1 aliphatic heterocycles. The Morgan fingerprint density at radius 2 is 1.28 bits per heavy atom. The second-order valence-electron chi connectivity index (χ2n) is 17.5. The number of hydrogen-bond acceptors (Lipinski definition) is 5. The summed E-state index contributed by atoms with van der Waals surface area (Å²) < 4.78 is 15.6. The first kappa shape index (κ1) is 41.1. The van der Waals surface area contributed by atoms with Crippen LogP contribution in [0.25, 0.3) is 61.0 Å². The van der Waals surface area contributed by atoms with Crippen LogP contribution in [0.3, 0.4) is 0 Å². The molecule has 64 heavy (non-hydrogen) atoms. The van der Waals surface area contributed by atoms with E-state index >= 15 is 0 Å². The molecule has 0 unspecified atom stereocenters. The molecule has 0 spiro atoms. The fourth-order valence-corrected chi connectivity index (χ4v) is 9.35. The third-order valence-electron chi connectivity index (χ3n) is 12.1. The molecule has 7 heteroatoms. The summed E-state index contributed by atoms with van der Waals surface area (Å²) in [5, 5.41) is 4.18. The quantitative estimate of drug-likeness (QED) is 0.149. The molecule has 10 aromatic rings. The summed E-state index contributed by atoms with van der Waals surface area (Å²) in [4.78, 5) is 9.51. The van der Waals surface area contributed by atoms with E-state index in [1.807, 2.05) is 36.5 Å². The topological polar surface area (TPSA) is 46.7 Å². The first-order valence-corrected chi connectivity index (χ1v) is 21.4. The Hall–Kier alpha value is -6.88. The fraction of sp³-hybridized carbons (Fsp3) is 0.123. The standard InChI is InChI=1S/C57H45N4O2.Pt/c1-36-30-37(2)53(38(3)31-36)60-35-59(54(39-16-9-7-10-17-39)55(60)40-18-11-8-12-19-40)42-20-15-21-43(33-42)62-44-24-25-47-49(34-44)61(51-32-41(28-29-58-51)57(4,5)6)48-27-26-46-45-22-13-14-23-50(45)63-56(46)52(47)48;/h7-32,35H,1-6H3;/q-3;. The maximum Gasteiger partial charge on any atom is 0.135 e. The molecule has 7 aromatic carbocycles. The number of ether oxygens (including phenoxy) is 1. The molecule has 3 aromatic heterocycles. The van der Waals surface area contributed by atoms with Gasteiger partial charge >= 0.3 is 0 Å². The van der Waals surface area contributed by atoms with E-state index in [0.717, 1.165) is 83.5 Å². The fourth-order valence-electron chi connectivity index (χ4n) is 9.35. The van der Waals surface area contributed by atoms with Gasteiger partial charge in [-0.15, -0.1) is 42.7 Å². The van der Waals surface area contributed by atoms with Gasteiger partial charge in [0, 0.05) is 72.1 Å². The van der Waals surface area contributed by atoms with E-state index in [1.165, 1.54) is 22.3 Å². The number of benzene rings is 7. The van der Waals surface area contributed by atoms with Crippen LogP contribution in [0, 0.1) is 39.6 Å². The number of para-hydroxylation sites is 1. The molecule has 0 atom stereocenters. The van der Waals surface area contributed by atoms with Crippen molar-refractivity contribution in [3.63, 3.8) is 0 Å². The van der Waals surface area contributed by atoms with Crippen molar-refractivity contribution in [2.45, 2.75) is 47.0 Å². The molecule has 0 saturated carbocycles. The van der Waals surface area contributed by atoms with Crippen LogP contribution < -0.4 is 14.5 Å². The zero-order valence-electron chi connectivity index (χ0n) is 36.5. The smallest absolute Gasteiger partial charge is 0.135 e. The van der Waals surface area contributed by atoms with Gasteiger partial charge in [0.05, 0.1) is 0 Å². The van der Waals surface area contributed by atoms with Crippen LogP contribution in [-0.4, -0.2) is 9.55 Å². The van der Waals surface area contributed by atoms with Crippen molar-refractivity contribution < 1.29 is 30.2 Å². The third kappa shape index (κ3) is 6.98. The molecule has 11 rings (SSSR count). The van der Waals surface area contributed by atoms with Gasteiger partial charge in [-0.1, -0.05) is 128 Å². The van der Waals surface area contributed by atoms with Crippen LogP contribution in [0.2, 0.25) is 0 Å². The average Bonchev–Trinajstić information content (AvgIpc) is 3.96. The van der Waals surface area contributed by atoms with Gasteiger partial charge in [-0.2, -0.15) is 12.1 Å². The van der Waals surface area contributed by atoms with E-state index in [1.54, 1.807) is 0 Å². The minimum atomic E-state index is -0.0691. The largest absolute Gasteiger partial charge is 0.509 e.